The topological polar surface area (TPSA) is 94.2 Å². The maximum atomic E-state index is 13.3. The predicted octanol–water partition coefficient (Wildman–Crippen LogP) is 4.25. The van der Waals surface area contributed by atoms with Crippen molar-refractivity contribution >= 4 is 22.6 Å². The molecule has 0 unspecified atom stereocenters. The number of hydrogen-bond acceptors (Lipinski definition) is 5. The van der Waals surface area contributed by atoms with E-state index < -0.39 is 17.3 Å². The summed E-state index contributed by atoms with van der Waals surface area (Å²) in [7, 11) is 0. The summed E-state index contributed by atoms with van der Waals surface area (Å²) in [6.07, 6.45) is -2.87. The molecule has 0 fully saturated rings. The SMILES string of the molecule is Cc1nnc2c(=O)n(-c3ccc(C(F)(F)F)cc3)c3ccc(C(=O)N[C@@H](C)c4ccccn4)cc3n12. The number of halogens is 3. The summed E-state index contributed by atoms with van der Waals surface area (Å²) in [4.78, 5) is 30.6. The van der Waals surface area contributed by atoms with E-state index in [0.717, 1.165) is 12.1 Å². The van der Waals surface area contributed by atoms with Crippen molar-refractivity contribution < 1.29 is 18.0 Å². The molecule has 2 aromatic carbocycles. The molecule has 3 aromatic heterocycles. The van der Waals surface area contributed by atoms with Gasteiger partial charge >= 0.3 is 11.7 Å². The summed E-state index contributed by atoms with van der Waals surface area (Å²) >= 11 is 0. The predicted molar refractivity (Wildman–Crippen MR) is 126 cm³/mol. The highest BCUT2D eigenvalue weighted by Crippen LogP contribution is 2.30. The van der Waals surface area contributed by atoms with Gasteiger partial charge in [-0.2, -0.15) is 13.2 Å². The molecule has 5 rings (SSSR count). The lowest BCUT2D eigenvalue weighted by Gasteiger charge is -2.16. The van der Waals surface area contributed by atoms with Crippen LogP contribution >= 0.6 is 0 Å². The maximum absolute atomic E-state index is 13.3. The Morgan fingerprint density at radius 1 is 1.00 bits per heavy atom. The molecule has 0 saturated heterocycles. The molecule has 3 heterocycles. The number of hydrogen-bond donors (Lipinski definition) is 1. The fourth-order valence-electron chi connectivity index (χ4n) is 4.07. The number of nitrogens with one attached hydrogen (secondary N) is 1. The van der Waals surface area contributed by atoms with Crippen molar-refractivity contribution in [2.75, 3.05) is 0 Å². The first kappa shape index (κ1) is 23.2. The number of rotatable bonds is 4. The summed E-state index contributed by atoms with van der Waals surface area (Å²) in [6.45, 7) is 3.48. The Morgan fingerprint density at radius 3 is 2.42 bits per heavy atom. The molecule has 11 heteroatoms. The lowest BCUT2D eigenvalue weighted by atomic mass is 10.1. The monoisotopic (exact) mass is 492 g/mol. The van der Waals surface area contributed by atoms with E-state index in [9.17, 15) is 22.8 Å². The van der Waals surface area contributed by atoms with Crippen molar-refractivity contribution in [2.24, 2.45) is 0 Å². The molecule has 0 aliphatic rings. The van der Waals surface area contributed by atoms with Crippen LogP contribution in [0.25, 0.3) is 22.4 Å². The highest BCUT2D eigenvalue weighted by Gasteiger charge is 2.30. The highest BCUT2D eigenvalue weighted by atomic mass is 19.4. The summed E-state index contributed by atoms with van der Waals surface area (Å²) in [5, 5.41) is 10.9. The number of aromatic nitrogens is 5. The number of fused-ring (bicyclic) bond motifs is 3. The summed E-state index contributed by atoms with van der Waals surface area (Å²) in [6, 6.07) is 14.0. The number of benzene rings is 2. The molecule has 0 aliphatic carbocycles. The van der Waals surface area contributed by atoms with Crippen LogP contribution in [0.3, 0.4) is 0 Å². The minimum atomic E-state index is -4.51. The van der Waals surface area contributed by atoms with Crippen molar-refractivity contribution in [1.82, 2.24) is 29.5 Å². The first-order valence-electron chi connectivity index (χ1n) is 10.9. The average molecular weight is 492 g/mol. The van der Waals surface area contributed by atoms with Gasteiger partial charge in [0.15, 0.2) is 0 Å². The Labute approximate surface area is 202 Å². The van der Waals surface area contributed by atoms with Crippen molar-refractivity contribution in [3.05, 3.63) is 99.9 Å². The normalized spacial score (nSPS) is 12.7. The van der Waals surface area contributed by atoms with E-state index in [0.29, 0.717) is 28.1 Å². The van der Waals surface area contributed by atoms with Crippen LogP contribution in [-0.4, -0.2) is 30.1 Å². The van der Waals surface area contributed by atoms with Gasteiger partial charge in [0, 0.05) is 17.4 Å². The number of carbonyl (C=O) groups excluding carboxylic acids is 1. The molecule has 0 aliphatic heterocycles. The third-order valence-corrected chi connectivity index (χ3v) is 5.87. The van der Waals surface area contributed by atoms with Crippen LogP contribution in [0.5, 0.6) is 0 Å². The van der Waals surface area contributed by atoms with E-state index in [1.165, 1.54) is 21.1 Å². The minimum absolute atomic E-state index is 0.0145. The van der Waals surface area contributed by atoms with E-state index in [1.54, 1.807) is 43.5 Å². The van der Waals surface area contributed by atoms with Gasteiger partial charge in [0.2, 0.25) is 5.65 Å². The van der Waals surface area contributed by atoms with Crippen LogP contribution in [0.15, 0.2) is 71.7 Å². The smallest absolute Gasteiger partial charge is 0.344 e. The van der Waals surface area contributed by atoms with Gasteiger partial charge in [0.1, 0.15) is 5.82 Å². The maximum Gasteiger partial charge on any atom is 0.416 e. The van der Waals surface area contributed by atoms with Crippen LogP contribution in [0.2, 0.25) is 0 Å². The number of alkyl halides is 3. The van der Waals surface area contributed by atoms with Gasteiger partial charge in [-0.1, -0.05) is 6.07 Å². The van der Waals surface area contributed by atoms with Gasteiger partial charge in [0.05, 0.1) is 28.3 Å². The molecule has 1 atom stereocenters. The largest absolute Gasteiger partial charge is 0.416 e. The van der Waals surface area contributed by atoms with Crippen molar-refractivity contribution in [2.45, 2.75) is 26.1 Å². The molecule has 1 amide bonds. The van der Waals surface area contributed by atoms with Crippen LogP contribution in [0, 0.1) is 6.92 Å². The zero-order valence-electron chi connectivity index (χ0n) is 19.1. The highest BCUT2D eigenvalue weighted by molar-refractivity contribution is 5.98. The third-order valence-electron chi connectivity index (χ3n) is 5.87. The molecule has 5 aromatic rings. The molecule has 0 bridgehead atoms. The van der Waals surface area contributed by atoms with E-state index >= 15 is 0 Å². The van der Waals surface area contributed by atoms with Gasteiger partial charge < -0.3 is 5.32 Å². The number of pyridine rings is 1. The molecule has 0 spiro atoms. The van der Waals surface area contributed by atoms with Gasteiger partial charge in [-0.15, -0.1) is 10.2 Å². The number of aryl methyl sites for hydroxylation is 1. The molecule has 0 radical (unpaired) electrons. The first-order valence-corrected chi connectivity index (χ1v) is 10.9. The second kappa shape index (κ2) is 8.59. The fourth-order valence-corrected chi connectivity index (χ4v) is 4.07. The third kappa shape index (κ3) is 3.98. The summed E-state index contributed by atoms with van der Waals surface area (Å²) < 4.78 is 41.9. The Kier molecular flexibility index (Phi) is 5.54. The standard InChI is InChI=1S/C25H19F3N6O2/c1-14(19-5-3-4-12-29-19)30-23(35)16-6-11-20-21(13-16)33-15(2)31-32-22(33)24(36)34(20)18-9-7-17(8-10-18)25(26,27)28/h3-14H,1-2H3,(H,30,35)/t14-/m0/s1. The number of nitrogens with zero attached hydrogens (tertiary/aromatic N) is 5. The average Bonchev–Trinajstić information content (AvgIpc) is 3.26. The Bertz CT molecular complexity index is 1660. The molecule has 182 valence electrons. The number of carbonyl (C=O) groups is 1. The zero-order chi connectivity index (χ0) is 25.6. The fraction of sp³-hybridized carbons (Fsp3) is 0.160. The van der Waals surface area contributed by atoms with Crippen molar-refractivity contribution in [3.8, 4) is 5.69 Å². The van der Waals surface area contributed by atoms with Gasteiger partial charge in [0.25, 0.3) is 5.91 Å². The van der Waals surface area contributed by atoms with Crippen LogP contribution in [-0.2, 0) is 6.18 Å². The second-order valence-corrected chi connectivity index (χ2v) is 8.24. The second-order valence-electron chi connectivity index (χ2n) is 8.24. The van der Waals surface area contributed by atoms with Crippen molar-refractivity contribution in [3.63, 3.8) is 0 Å². The Hall–Kier alpha value is -4.54. The molecule has 0 saturated carbocycles. The van der Waals surface area contributed by atoms with E-state index in [2.05, 4.69) is 20.5 Å². The Balaban J connectivity index is 1.64. The quantitative estimate of drug-likeness (QED) is 0.405. The van der Waals surface area contributed by atoms with Gasteiger partial charge in [-0.05, 0) is 68.4 Å². The summed E-state index contributed by atoms with van der Waals surface area (Å²) in [5.74, 6) is 0.0623. The van der Waals surface area contributed by atoms with Crippen LogP contribution in [0.4, 0.5) is 13.2 Å². The van der Waals surface area contributed by atoms with E-state index in [1.807, 2.05) is 13.0 Å². The molecule has 36 heavy (non-hydrogen) atoms. The molecule has 8 nitrogen and oxygen atoms in total. The van der Waals surface area contributed by atoms with Crippen molar-refractivity contribution in [1.29, 1.82) is 0 Å². The lowest BCUT2D eigenvalue weighted by Crippen LogP contribution is -2.27. The van der Waals surface area contributed by atoms with E-state index in [-0.39, 0.29) is 23.3 Å². The lowest BCUT2D eigenvalue weighted by molar-refractivity contribution is -0.137. The van der Waals surface area contributed by atoms with Crippen LogP contribution < -0.4 is 10.9 Å². The minimum Gasteiger partial charge on any atom is -0.344 e. The summed E-state index contributed by atoms with van der Waals surface area (Å²) in [5.41, 5.74) is 0.668. The van der Waals surface area contributed by atoms with E-state index in [4.69, 9.17) is 0 Å². The first-order chi connectivity index (χ1) is 17.1. The van der Waals surface area contributed by atoms with Gasteiger partial charge in [-0.25, -0.2) is 0 Å². The molecule has 1 N–H and O–H groups in total. The van der Waals surface area contributed by atoms with Crippen LogP contribution in [0.1, 0.15) is 40.4 Å². The zero-order valence-corrected chi connectivity index (χ0v) is 19.1. The van der Waals surface area contributed by atoms with Gasteiger partial charge in [-0.3, -0.25) is 23.5 Å². The molecular weight excluding hydrogens is 473 g/mol. The number of amides is 1. The molecular formula is C25H19F3N6O2. The Morgan fingerprint density at radius 2 is 1.75 bits per heavy atom.